The molecule has 22 heavy (non-hydrogen) atoms. The zero-order valence-corrected chi connectivity index (χ0v) is 14.3. The van der Waals surface area contributed by atoms with Crippen LogP contribution < -0.4 is 5.32 Å². The Hall–Kier alpha value is -1.95. The molecule has 2 rings (SSSR count). The Bertz CT molecular complexity index is 694. The van der Waals surface area contributed by atoms with E-state index in [1.54, 1.807) is 23.6 Å². The Kier molecular flexibility index (Phi) is 4.51. The number of ketones is 1. The molecule has 118 valence electrons. The van der Waals surface area contributed by atoms with Gasteiger partial charge in [0, 0.05) is 22.6 Å². The van der Waals surface area contributed by atoms with E-state index in [0.717, 1.165) is 10.7 Å². The first-order valence-corrected chi connectivity index (χ1v) is 8.02. The number of H-pyrrole nitrogens is 1. The van der Waals surface area contributed by atoms with E-state index in [1.807, 2.05) is 12.3 Å². The van der Waals surface area contributed by atoms with Gasteiger partial charge < -0.3 is 10.3 Å². The van der Waals surface area contributed by atoms with Crippen LogP contribution in [0.15, 0.2) is 17.6 Å². The highest BCUT2D eigenvalue weighted by molar-refractivity contribution is 7.09. The summed E-state index contributed by atoms with van der Waals surface area (Å²) in [6.07, 6.45) is 1.54. The maximum atomic E-state index is 12.2. The summed E-state index contributed by atoms with van der Waals surface area (Å²) in [5.74, 6) is -0.314. The van der Waals surface area contributed by atoms with Crippen molar-refractivity contribution in [1.82, 2.24) is 15.3 Å². The number of aromatic amines is 1. The Balaban J connectivity index is 2.07. The van der Waals surface area contributed by atoms with E-state index in [9.17, 15) is 9.59 Å². The normalized spacial score (nSPS) is 13.0. The van der Waals surface area contributed by atoms with Crippen molar-refractivity contribution in [3.63, 3.8) is 0 Å². The van der Waals surface area contributed by atoms with Crippen LogP contribution in [0, 0.1) is 0 Å². The number of hydrogen-bond acceptors (Lipinski definition) is 4. The van der Waals surface area contributed by atoms with Crippen molar-refractivity contribution in [1.29, 1.82) is 0 Å². The van der Waals surface area contributed by atoms with Gasteiger partial charge in [-0.25, -0.2) is 4.98 Å². The average Bonchev–Trinajstić information content (AvgIpc) is 3.07. The molecule has 1 atom stereocenters. The van der Waals surface area contributed by atoms with Crippen LogP contribution in [-0.4, -0.2) is 21.7 Å². The molecule has 1 amide bonds. The number of amides is 1. The first-order valence-electron chi connectivity index (χ1n) is 7.14. The van der Waals surface area contributed by atoms with Gasteiger partial charge in [-0.3, -0.25) is 9.59 Å². The molecule has 0 aromatic carbocycles. The molecule has 0 aliphatic heterocycles. The van der Waals surface area contributed by atoms with Crippen molar-refractivity contribution < 1.29 is 9.59 Å². The second-order valence-electron chi connectivity index (χ2n) is 6.37. The smallest absolute Gasteiger partial charge is 0.268 e. The molecule has 5 nitrogen and oxygen atoms in total. The zero-order chi connectivity index (χ0) is 16.5. The lowest BCUT2D eigenvalue weighted by Gasteiger charge is -2.15. The maximum absolute atomic E-state index is 12.2. The minimum atomic E-state index is -0.243. The van der Waals surface area contributed by atoms with E-state index >= 15 is 0 Å². The fourth-order valence-electron chi connectivity index (χ4n) is 1.90. The largest absolute Gasteiger partial charge is 0.356 e. The Morgan fingerprint density at radius 3 is 2.55 bits per heavy atom. The molecular formula is C16H21N3O2S. The van der Waals surface area contributed by atoms with Crippen molar-refractivity contribution in [2.24, 2.45) is 0 Å². The quantitative estimate of drug-likeness (QED) is 0.847. The van der Waals surface area contributed by atoms with E-state index in [0.29, 0.717) is 11.3 Å². The highest BCUT2D eigenvalue weighted by Crippen LogP contribution is 2.26. The first-order chi connectivity index (χ1) is 10.2. The molecule has 0 saturated heterocycles. The molecule has 0 aliphatic rings. The SMILES string of the molecule is CC(=O)c1c[nH]c(C(=O)N[C@H](C)c2nc(C(C)(C)C)cs2)c1. The molecular weight excluding hydrogens is 298 g/mol. The number of nitrogens with zero attached hydrogens (tertiary/aromatic N) is 1. The summed E-state index contributed by atoms with van der Waals surface area (Å²) >= 11 is 1.54. The van der Waals surface area contributed by atoms with Crippen LogP contribution >= 0.6 is 11.3 Å². The van der Waals surface area contributed by atoms with Gasteiger partial charge in [-0.2, -0.15) is 0 Å². The lowest BCUT2D eigenvalue weighted by Crippen LogP contribution is -2.27. The van der Waals surface area contributed by atoms with Crippen LogP contribution in [0.1, 0.15) is 72.2 Å². The molecule has 2 aromatic heterocycles. The highest BCUT2D eigenvalue weighted by atomic mass is 32.1. The van der Waals surface area contributed by atoms with Crippen LogP contribution in [-0.2, 0) is 5.41 Å². The van der Waals surface area contributed by atoms with Crippen molar-refractivity contribution in [2.45, 2.75) is 46.1 Å². The standard InChI is InChI=1S/C16H21N3O2S/c1-9(15-19-13(8-22-15)16(3,4)5)18-14(21)12-6-11(7-17-12)10(2)20/h6-9,17H,1-5H3,(H,18,21)/t9-/m1/s1. The summed E-state index contributed by atoms with van der Waals surface area (Å²) in [4.78, 5) is 30.9. The molecule has 0 spiro atoms. The van der Waals surface area contributed by atoms with E-state index in [2.05, 4.69) is 36.1 Å². The van der Waals surface area contributed by atoms with E-state index in [4.69, 9.17) is 0 Å². The minimum absolute atomic E-state index is 0.00563. The molecule has 2 N–H and O–H groups in total. The number of thiazole rings is 1. The Morgan fingerprint density at radius 2 is 2.05 bits per heavy atom. The summed E-state index contributed by atoms with van der Waals surface area (Å²) in [7, 11) is 0. The molecule has 0 saturated carbocycles. The zero-order valence-electron chi connectivity index (χ0n) is 13.5. The lowest BCUT2D eigenvalue weighted by molar-refractivity contribution is 0.0935. The van der Waals surface area contributed by atoms with Crippen LogP contribution in [0.25, 0.3) is 0 Å². The maximum Gasteiger partial charge on any atom is 0.268 e. The third kappa shape index (κ3) is 3.62. The predicted octanol–water partition coefficient (Wildman–Crippen LogP) is 3.46. The van der Waals surface area contributed by atoms with E-state index in [-0.39, 0.29) is 23.1 Å². The van der Waals surface area contributed by atoms with Gasteiger partial charge in [0.15, 0.2) is 5.78 Å². The second kappa shape index (κ2) is 6.04. The lowest BCUT2D eigenvalue weighted by atomic mass is 9.93. The minimum Gasteiger partial charge on any atom is -0.356 e. The van der Waals surface area contributed by atoms with Crippen LogP contribution in [0.5, 0.6) is 0 Å². The molecule has 2 aromatic rings. The van der Waals surface area contributed by atoms with Gasteiger partial charge in [-0.05, 0) is 19.9 Å². The van der Waals surface area contributed by atoms with Gasteiger partial charge in [0.1, 0.15) is 10.7 Å². The second-order valence-corrected chi connectivity index (χ2v) is 7.26. The topological polar surface area (TPSA) is 74.8 Å². The van der Waals surface area contributed by atoms with Gasteiger partial charge in [-0.15, -0.1) is 11.3 Å². The molecule has 2 heterocycles. The summed E-state index contributed by atoms with van der Waals surface area (Å²) in [6, 6.07) is 1.38. The number of Topliss-reactive ketones (excluding diaryl/α,β-unsaturated/α-hetero) is 1. The summed E-state index contributed by atoms with van der Waals surface area (Å²) in [5.41, 5.74) is 1.90. The monoisotopic (exact) mass is 319 g/mol. The van der Waals surface area contributed by atoms with Crippen molar-refractivity contribution in [3.8, 4) is 0 Å². The van der Waals surface area contributed by atoms with Gasteiger partial charge in [-0.1, -0.05) is 20.8 Å². The van der Waals surface area contributed by atoms with Crippen LogP contribution in [0.4, 0.5) is 0 Å². The molecule has 0 fully saturated rings. The third-order valence-electron chi connectivity index (χ3n) is 3.34. The molecule has 0 unspecified atom stereocenters. The molecule has 0 aliphatic carbocycles. The van der Waals surface area contributed by atoms with Gasteiger partial charge in [0.25, 0.3) is 5.91 Å². The molecule has 0 bridgehead atoms. The fourth-order valence-corrected chi connectivity index (χ4v) is 2.95. The predicted molar refractivity (Wildman–Crippen MR) is 87.5 cm³/mol. The Morgan fingerprint density at radius 1 is 1.36 bits per heavy atom. The van der Waals surface area contributed by atoms with Crippen LogP contribution in [0.2, 0.25) is 0 Å². The van der Waals surface area contributed by atoms with Gasteiger partial charge >= 0.3 is 0 Å². The Labute approximate surface area is 134 Å². The molecule has 0 radical (unpaired) electrons. The third-order valence-corrected chi connectivity index (χ3v) is 4.37. The van der Waals surface area contributed by atoms with Crippen molar-refractivity contribution in [2.75, 3.05) is 0 Å². The highest BCUT2D eigenvalue weighted by Gasteiger charge is 2.21. The number of carbonyl (C=O) groups excluding carboxylic acids is 2. The average molecular weight is 319 g/mol. The summed E-state index contributed by atoms with van der Waals surface area (Å²) < 4.78 is 0. The number of hydrogen-bond donors (Lipinski definition) is 2. The fraction of sp³-hybridized carbons (Fsp3) is 0.438. The summed E-state index contributed by atoms with van der Waals surface area (Å²) in [6.45, 7) is 9.70. The number of rotatable bonds is 4. The van der Waals surface area contributed by atoms with E-state index in [1.165, 1.54) is 6.92 Å². The number of carbonyl (C=O) groups is 2. The molecule has 6 heteroatoms. The van der Waals surface area contributed by atoms with Crippen LogP contribution in [0.3, 0.4) is 0 Å². The van der Waals surface area contributed by atoms with Gasteiger partial charge in [0.05, 0.1) is 11.7 Å². The first kappa shape index (κ1) is 16.4. The van der Waals surface area contributed by atoms with E-state index < -0.39 is 0 Å². The van der Waals surface area contributed by atoms with Crippen molar-refractivity contribution >= 4 is 23.0 Å². The summed E-state index contributed by atoms with van der Waals surface area (Å²) in [5, 5.41) is 5.80. The number of nitrogens with one attached hydrogen (secondary N) is 2. The van der Waals surface area contributed by atoms with Gasteiger partial charge in [0.2, 0.25) is 0 Å². The number of aromatic nitrogens is 2. The van der Waals surface area contributed by atoms with Crippen molar-refractivity contribution in [3.05, 3.63) is 39.6 Å².